The molecule has 3 atom stereocenters. The molecule has 3 unspecified atom stereocenters. The van der Waals surface area contributed by atoms with Gasteiger partial charge >= 0.3 is 11.9 Å². The second-order valence-corrected chi connectivity index (χ2v) is 5.30. The van der Waals surface area contributed by atoms with E-state index in [4.69, 9.17) is 18.9 Å². The summed E-state index contributed by atoms with van der Waals surface area (Å²) in [6, 6.07) is 0. The van der Waals surface area contributed by atoms with Crippen LogP contribution in [0.2, 0.25) is 0 Å². The third kappa shape index (κ3) is 5.59. The van der Waals surface area contributed by atoms with Crippen molar-refractivity contribution in [3.8, 4) is 0 Å². The van der Waals surface area contributed by atoms with Gasteiger partial charge in [0.25, 0.3) is 0 Å². The lowest BCUT2D eigenvalue weighted by Crippen LogP contribution is -2.43. The van der Waals surface area contributed by atoms with Crippen molar-refractivity contribution in [1.82, 2.24) is 0 Å². The third-order valence-electron chi connectivity index (χ3n) is 2.33. The largest absolute Gasteiger partial charge is 0.463 e. The van der Waals surface area contributed by atoms with Crippen molar-refractivity contribution in [2.24, 2.45) is 0 Å². The van der Waals surface area contributed by atoms with Gasteiger partial charge in [-0.1, -0.05) is 6.08 Å². The van der Waals surface area contributed by atoms with E-state index in [9.17, 15) is 9.59 Å². The van der Waals surface area contributed by atoms with Gasteiger partial charge in [-0.2, -0.15) is 0 Å². The molecule has 0 aliphatic carbocycles. The first-order valence-corrected chi connectivity index (χ1v) is 7.07. The van der Waals surface area contributed by atoms with Crippen molar-refractivity contribution < 1.29 is 28.5 Å². The second-order valence-electron chi connectivity index (χ2n) is 4.06. The highest BCUT2D eigenvalue weighted by atomic mass is 127. The topological polar surface area (TPSA) is 71.1 Å². The van der Waals surface area contributed by atoms with E-state index in [1.165, 1.54) is 13.8 Å². The van der Waals surface area contributed by atoms with Crippen LogP contribution in [0.3, 0.4) is 0 Å². The quantitative estimate of drug-likeness (QED) is 0.387. The highest BCUT2D eigenvalue weighted by Gasteiger charge is 2.34. The molecule has 0 bridgehead atoms. The van der Waals surface area contributed by atoms with Gasteiger partial charge in [-0.05, 0) is 28.7 Å². The zero-order chi connectivity index (χ0) is 15.1. The zero-order valence-electron chi connectivity index (χ0n) is 11.3. The predicted octanol–water partition coefficient (Wildman–Crippen LogP) is 1.73. The maximum Gasteiger partial charge on any atom is 0.303 e. The minimum atomic E-state index is -0.609. The molecule has 0 aromatic heterocycles. The van der Waals surface area contributed by atoms with Crippen molar-refractivity contribution in [3.05, 3.63) is 22.3 Å². The van der Waals surface area contributed by atoms with Gasteiger partial charge in [0.15, 0.2) is 12.4 Å². The highest BCUT2D eigenvalue weighted by molar-refractivity contribution is 14.1. The third-order valence-corrected chi connectivity index (χ3v) is 3.20. The zero-order valence-corrected chi connectivity index (χ0v) is 13.5. The summed E-state index contributed by atoms with van der Waals surface area (Å²) in [5.41, 5.74) is 0. The van der Waals surface area contributed by atoms with Crippen LogP contribution in [0.1, 0.15) is 13.8 Å². The SMILES string of the molecule is C=CCOC1OC(COC(C)=O)C(OC(C)=O)C=C1I. The molecule has 20 heavy (non-hydrogen) atoms. The summed E-state index contributed by atoms with van der Waals surface area (Å²) < 4.78 is 21.9. The summed E-state index contributed by atoms with van der Waals surface area (Å²) in [7, 11) is 0. The average Bonchev–Trinajstić information content (AvgIpc) is 2.35. The molecule has 1 aliphatic rings. The number of carbonyl (C=O) groups is 2. The van der Waals surface area contributed by atoms with Crippen molar-refractivity contribution in [1.29, 1.82) is 0 Å². The molecule has 1 rings (SSSR count). The summed E-state index contributed by atoms with van der Waals surface area (Å²) in [5, 5.41) is 0. The first-order chi connectivity index (χ1) is 9.43. The molecule has 0 saturated carbocycles. The van der Waals surface area contributed by atoms with Gasteiger partial charge in [0.1, 0.15) is 12.7 Å². The Kier molecular flexibility index (Phi) is 7.17. The molecule has 6 nitrogen and oxygen atoms in total. The Balaban J connectivity index is 2.77. The van der Waals surface area contributed by atoms with Crippen LogP contribution >= 0.6 is 22.6 Å². The Hall–Kier alpha value is -0.930. The van der Waals surface area contributed by atoms with Gasteiger partial charge < -0.3 is 18.9 Å². The van der Waals surface area contributed by atoms with Gasteiger partial charge in [0, 0.05) is 17.4 Å². The van der Waals surface area contributed by atoms with Crippen LogP contribution in [-0.2, 0) is 28.5 Å². The summed E-state index contributed by atoms with van der Waals surface area (Å²) in [5.74, 6) is -0.861. The monoisotopic (exact) mass is 396 g/mol. The predicted molar refractivity (Wildman–Crippen MR) is 79.1 cm³/mol. The van der Waals surface area contributed by atoms with Crippen LogP contribution in [0.25, 0.3) is 0 Å². The maximum absolute atomic E-state index is 11.1. The van der Waals surface area contributed by atoms with Crippen molar-refractivity contribution in [2.45, 2.75) is 32.3 Å². The molecule has 0 spiro atoms. The molecular formula is C13H17IO6. The first kappa shape index (κ1) is 17.1. The standard InChI is InChI=1S/C13H17IO6/c1-4-5-17-13-10(14)6-11(19-9(3)16)12(20-13)7-18-8(2)15/h4,6,11-13H,1,5,7H2,2-3H3. The van der Waals surface area contributed by atoms with Gasteiger partial charge in [-0.15, -0.1) is 6.58 Å². The van der Waals surface area contributed by atoms with E-state index in [1.807, 2.05) is 0 Å². The number of rotatable bonds is 6. The molecule has 0 amide bonds. The van der Waals surface area contributed by atoms with Crippen molar-refractivity contribution in [3.63, 3.8) is 0 Å². The van der Waals surface area contributed by atoms with E-state index in [1.54, 1.807) is 12.2 Å². The van der Waals surface area contributed by atoms with Gasteiger partial charge in [0.05, 0.1) is 6.61 Å². The summed E-state index contributed by atoms with van der Waals surface area (Å²) in [6.45, 7) is 6.48. The van der Waals surface area contributed by atoms with Crippen LogP contribution < -0.4 is 0 Å². The van der Waals surface area contributed by atoms with Crippen molar-refractivity contribution >= 4 is 34.5 Å². The maximum atomic E-state index is 11.1. The van der Waals surface area contributed by atoms with Gasteiger partial charge in [-0.25, -0.2) is 0 Å². The van der Waals surface area contributed by atoms with E-state index < -0.39 is 30.4 Å². The number of ether oxygens (including phenoxy) is 4. The Morgan fingerprint density at radius 1 is 1.45 bits per heavy atom. The Labute approximate surface area is 131 Å². The van der Waals surface area contributed by atoms with Crippen LogP contribution in [0, 0.1) is 0 Å². The second kappa shape index (κ2) is 8.38. The fourth-order valence-corrected chi connectivity index (χ4v) is 2.23. The Bertz CT molecular complexity index is 406. The molecule has 7 heteroatoms. The number of hydrogen-bond donors (Lipinski definition) is 0. The number of hydrogen-bond acceptors (Lipinski definition) is 6. The average molecular weight is 396 g/mol. The van der Waals surface area contributed by atoms with Crippen LogP contribution in [0.4, 0.5) is 0 Å². The fourth-order valence-electron chi connectivity index (χ4n) is 1.55. The molecule has 112 valence electrons. The highest BCUT2D eigenvalue weighted by Crippen LogP contribution is 2.27. The number of carbonyl (C=O) groups excluding carboxylic acids is 2. The van der Waals surface area contributed by atoms with Crippen LogP contribution in [0.5, 0.6) is 0 Å². The summed E-state index contributed by atoms with van der Waals surface area (Å²) >= 11 is 2.05. The van der Waals surface area contributed by atoms with E-state index >= 15 is 0 Å². The fraction of sp³-hybridized carbons (Fsp3) is 0.538. The molecule has 0 N–H and O–H groups in total. The summed E-state index contributed by atoms with van der Waals surface area (Å²) in [4.78, 5) is 22.0. The molecular weight excluding hydrogens is 379 g/mol. The minimum absolute atomic E-state index is 0.0123. The smallest absolute Gasteiger partial charge is 0.303 e. The molecule has 0 aromatic rings. The van der Waals surface area contributed by atoms with Crippen LogP contribution in [-0.4, -0.2) is 43.7 Å². The Morgan fingerprint density at radius 3 is 2.70 bits per heavy atom. The molecule has 0 radical (unpaired) electrons. The summed E-state index contributed by atoms with van der Waals surface area (Å²) in [6.07, 6.45) is 1.54. The molecule has 1 aliphatic heterocycles. The molecule has 0 aromatic carbocycles. The normalized spacial score (nSPS) is 25.6. The van der Waals surface area contributed by atoms with Crippen LogP contribution in [0.15, 0.2) is 22.3 Å². The Morgan fingerprint density at radius 2 is 2.15 bits per heavy atom. The number of halogens is 1. The molecule has 0 saturated heterocycles. The molecule has 0 fully saturated rings. The van der Waals surface area contributed by atoms with Crippen molar-refractivity contribution in [2.75, 3.05) is 13.2 Å². The van der Waals surface area contributed by atoms with Gasteiger partial charge in [0.2, 0.25) is 0 Å². The lowest BCUT2D eigenvalue weighted by Gasteiger charge is -2.33. The van der Waals surface area contributed by atoms with E-state index in [0.29, 0.717) is 6.61 Å². The first-order valence-electron chi connectivity index (χ1n) is 5.99. The van der Waals surface area contributed by atoms with E-state index in [2.05, 4.69) is 29.2 Å². The lowest BCUT2D eigenvalue weighted by molar-refractivity contribution is -0.194. The van der Waals surface area contributed by atoms with Gasteiger partial charge in [-0.3, -0.25) is 9.59 Å². The minimum Gasteiger partial charge on any atom is -0.463 e. The number of esters is 2. The van der Waals surface area contributed by atoms with E-state index in [-0.39, 0.29) is 6.61 Å². The lowest BCUT2D eigenvalue weighted by atomic mass is 10.1. The van der Waals surface area contributed by atoms with E-state index in [0.717, 1.165) is 3.58 Å². The molecule has 1 heterocycles.